The Balaban J connectivity index is -0.000000980. The molecule has 0 heterocycles. The van der Waals surface area contributed by atoms with Crippen molar-refractivity contribution in [3.05, 3.63) is 12.2 Å². The molecule has 0 bridgehead atoms. The standard InChI is InChI=1S/C15H30.2H3N/c1-3-5-7-9-11-13-15-14-12-10-8-6-4-2;;/h3,5H,4,6-15H2,1-2H3;2*1H3/b5-3+;;. The molecule has 0 aromatic carbocycles. The first-order valence-corrected chi connectivity index (χ1v) is 7.03. The second-order valence-corrected chi connectivity index (χ2v) is 4.54. The fourth-order valence-electron chi connectivity index (χ4n) is 1.92. The number of hydrogen-bond acceptors (Lipinski definition) is 2. The maximum atomic E-state index is 2.28. The van der Waals surface area contributed by atoms with E-state index in [0.717, 1.165) is 0 Å². The van der Waals surface area contributed by atoms with Crippen LogP contribution in [0.25, 0.3) is 0 Å². The van der Waals surface area contributed by atoms with E-state index in [9.17, 15) is 0 Å². The predicted molar refractivity (Wildman–Crippen MR) is 81.3 cm³/mol. The van der Waals surface area contributed by atoms with Gasteiger partial charge in [-0.3, -0.25) is 0 Å². The minimum atomic E-state index is 0. The minimum absolute atomic E-state index is 0. The number of unbranched alkanes of at least 4 members (excludes halogenated alkanes) is 10. The fraction of sp³-hybridized carbons (Fsp3) is 0.867. The Morgan fingerprint density at radius 3 is 1.47 bits per heavy atom. The second kappa shape index (κ2) is 21.0. The summed E-state index contributed by atoms with van der Waals surface area (Å²) in [5.74, 6) is 0. The van der Waals surface area contributed by atoms with Crippen LogP contribution in [0.1, 0.15) is 84.5 Å². The Morgan fingerprint density at radius 2 is 1.06 bits per heavy atom. The molecule has 6 N–H and O–H groups in total. The molecule has 106 valence electrons. The van der Waals surface area contributed by atoms with Gasteiger partial charge in [-0.1, -0.05) is 76.9 Å². The zero-order chi connectivity index (χ0) is 11.2. The lowest BCUT2D eigenvalue weighted by molar-refractivity contribution is 0.557. The largest absolute Gasteiger partial charge is 0.344 e. The van der Waals surface area contributed by atoms with Gasteiger partial charge < -0.3 is 12.3 Å². The van der Waals surface area contributed by atoms with E-state index in [0.29, 0.717) is 0 Å². The topological polar surface area (TPSA) is 70.0 Å². The third kappa shape index (κ3) is 21.5. The highest BCUT2D eigenvalue weighted by molar-refractivity contribution is 4.76. The summed E-state index contributed by atoms with van der Waals surface area (Å²) in [5.41, 5.74) is 0. The van der Waals surface area contributed by atoms with Crippen molar-refractivity contribution in [3.8, 4) is 0 Å². The summed E-state index contributed by atoms with van der Waals surface area (Å²) in [4.78, 5) is 0. The summed E-state index contributed by atoms with van der Waals surface area (Å²) in [5, 5.41) is 0. The van der Waals surface area contributed by atoms with Gasteiger partial charge in [-0.2, -0.15) is 0 Å². The SMILES string of the molecule is C/C=C/CCCCCCCCCCCC.N.N. The molecule has 0 aliphatic rings. The molecule has 0 saturated carbocycles. The highest BCUT2D eigenvalue weighted by Crippen LogP contribution is 2.11. The number of hydrogen-bond donors (Lipinski definition) is 2. The predicted octanol–water partition coefficient (Wildman–Crippen LogP) is 6.20. The Kier molecular flexibility index (Phi) is 27.0. The molecule has 0 aromatic heterocycles. The van der Waals surface area contributed by atoms with Gasteiger partial charge in [0.25, 0.3) is 0 Å². The quantitative estimate of drug-likeness (QED) is 0.335. The van der Waals surface area contributed by atoms with Gasteiger partial charge in [-0.25, -0.2) is 0 Å². The van der Waals surface area contributed by atoms with E-state index in [2.05, 4.69) is 26.0 Å². The Morgan fingerprint density at radius 1 is 0.647 bits per heavy atom. The lowest BCUT2D eigenvalue weighted by atomic mass is 10.1. The summed E-state index contributed by atoms with van der Waals surface area (Å²) >= 11 is 0. The third-order valence-corrected chi connectivity index (χ3v) is 2.96. The third-order valence-electron chi connectivity index (χ3n) is 2.96. The van der Waals surface area contributed by atoms with Crippen LogP contribution in [0.5, 0.6) is 0 Å². The van der Waals surface area contributed by atoms with Crippen molar-refractivity contribution in [1.29, 1.82) is 0 Å². The molecule has 0 aromatic rings. The van der Waals surface area contributed by atoms with Gasteiger partial charge in [0.1, 0.15) is 0 Å². The molecule has 0 spiro atoms. The van der Waals surface area contributed by atoms with Gasteiger partial charge in [0, 0.05) is 0 Å². The monoisotopic (exact) mass is 244 g/mol. The zero-order valence-corrected chi connectivity index (χ0v) is 12.3. The van der Waals surface area contributed by atoms with Gasteiger partial charge in [0.05, 0.1) is 0 Å². The second-order valence-electron chi connectivity index (χ2n) is 4.54. The van der Waals surface area contributed by atoms with Gasteiger partial charge in [0.2, 0.25) is 0 Å². The average molecular weight is 244 g/mol. The van der Waals surface area contributed by atoms with Crippen molar-refractivity contribution in [2.75, 3.05) is 0 Å². The molecule has 0 saturated heterocycles. The van der Waals surface area contributed by atoms with Crippen LogP contribution in [-0.2, 0) is 0 Å². The van der Waals surface area contributed by atoms with E-state index in [1.165, 1.54) is 70.6 Å². The summed E-state index contributed by atoms with van der Waals surface area (Å²) in [6.07, 6.45) is 20.1. The van der Waals surface area contributed by atoms with Gasteiger partial charge in [0.15, 0.2) is 0 Å². The van der Waals surface area contributed by atoms with Crippen molar-refractivity contribution in [2.24, 2.45) is 0 Å². The molecule has 0 fully saturated rings. The summed E-state index contributed by atoms with van der Waals surface area (Å²) in [7, 11) is 0. The van der Waals surface area contributed by atoms with Crippen molar-refractivity contribution < 1.29 is 0 Å². The normalized spacial score (nSPS) is 10.0. The molecule has 0 amide bonds. The molecule has 0 aliphatic heterocycles. The fourth-order valence-corrected chi connectivity index (χ4v) is 1.92. The van der Waals surface area contributed by atoms with Crippen LogP contribution in [0.4, 0.5) is 0 Å². The van der Waals surface area contributed by atoms with E-state index in [-0.39, 0.29) is 12.3 Å². The van der Waals surface area contributed by atoms with E-state index in [4.69, 9.17) is 0 Å². The van der Waals surface area contributed by atoms with Crippen LogP contribution in [0.15, 0.2) is 12.2 Å². The van der Waals surface area contributed by atoms with Crippen LogP contribution >= 0.6 is 0 Å². The highest BCUT2D eigenvalue weighted by Gasteiger charge is 1.91. The van der Waals surface area contributed by atoms with Crippen LogP contribution < -0.4 is 12.3 Å². The highest BCUT2D eigenvalue weighted by atomic mass is 14.0. The zero-order valence-electron chi connectivity index (χ0n) is 12.3. The lowest BCUT2D eigenvalue weighted by Gasteiger charge is -2.01. The van der Waals surface area contributed by atoms with Gasteiger partial charge in [-0.05, 0) is 19.8 Å². The van der Waals surface area contributed by atoms with E-state index in [1.807, 2.05) is 0 Å². The van der Waals surface area contributed by atoms with Gasteiger partial charge >= 0.3 is 0 Å². The average Bonchev–Trinajstić information content (AvgIpc) is 2.26. The number of rotatable bonds is 11. The van der Waals surface area contributed by atoms with Crippen molar-refractivity contribution in [1.82, 2.24) is 12.3 Å². The molecule has 2 nitrogen and oxygen atoms in total. The molecular formula is C15H36N2. The van der Waals surface area contributed by atoms with E-state index >= 15 is 0 Å². The Labute approximate surface area is 109 Å². The van der Waals surface area contributed by atoms with Crippen LogP contribution in [0.3, 0.4) is 0 Å². The van der Waals surface area contributed by atoms with Crippen molar-refractivity contribution in [3.63, 3.8) is 0 Å². The summed E-state index contributed by atoms with van der Waals surface area (Å²) in [6, 6.07) is 0. The molecule has 0 aliphatic carbocycles. The lowest BCUT2D eigenvalue weighted by Crippen LogP contribution is -1.81. The van der Waals surface area contributed by atoms with Crippen LogP contribution in [0, 0.1) is 0 Å². The minimum Gasteiger partial charge on any atom is -0.344 e. The molecule has 17 heavy (non-hydrogen) atoms. The summed E-state index contributed by atoms with van der Waals surface area (Å²) in [6.45, 7) is 4.39. The molecule has 0 unspecified atom stereocenters. The first kappa shape index (κ1) is 21.9. The smallest absolute Gasteiger partial charge is 0.0351 e. The molecular weight excluding hydrogens is 208 g/mol. The van der Waals surface area contributed by atoms with Crippen molar-refractivity contribution in [2.45, 2.75) is 84.5 Å². The van der Waals surface area contributed by atoms with Crippen molar-refractivity contribution >= 4 is 0 Å². The Bertz CT molecular complexity index is 133. The van der Waals surface area contributed by atoms with E-state index < -0.39 is 0 Å². The van der Waals surface area contributed by atoms with Gasteiger partial charge in [-0.15, -0.1) is 0 Å². The molecule has 0 atom stereocenters. The molecule has 0 rings (SSSR count). The Hall–Kier alpha value is -0.340. The van der Waals surface area contributed by atoms with Crippen LogP contribution in [0.2, 0.25) is 0 Å². The van der Waals surface area contributed by atoms with E-state index in [1.54, 1.807) is 0 Å². The molecule has 0 radical (unpaired) electrons. The molecule has 2 heteroatoms. The first-order chi connectivity index (χ1) is 7.41. The maximum absolute atomic E-state index is 2.28. The maximum Gasteiger partial charge on any atom is -0.0351 e. The summed E-state index contributed by atoms with van der Waals surface area (Å²) < 4.78 is 0. The number of allylic oxidation sites excluding steroid dienone is 2. The van der Waals surface area contributed by atoms with Crippen LogP contribution in [-0.4, -0.2) is 0 Å². The first-order valence-electron chi connectivity index (χ1n) is 7.03.